The zero-order valence-electron chi connectivity index (χ0n) is 9.16. The van der Waals surface area contributed by atoms with Crippen LogP contribution in [0.1, 0.15) is 27.2 Å². The molecule has 1 amide bonds. The van der Waals surface area contributed by atoms with Gasteiger partial charge < -0.3 is 5.11 Å². The molecule has 0 aromatic rings. The first-order chi connectivity index (χ1) is 6.58. The van der Waals surface area contributed by atoms with E-state index < -0.39 is 0 Å². The first kappa shape index (κ1) is 13.4. The molecule has 84 valence electrons. The van der Waals surface area contributed by atoms with Crippen molar-refractivity contribution in [1.29, 1.82) is 0 Å². The van der Waals surface area contributed by atoms with Gasteiger partial charge in [0.05, 0.1) is 12.6 Å². The summed E-state index contributed by atoms with van der Waals surface area (Å²) in [6.07, 6.45) is 0.682. The van der Waals surface area contributed by atoms with E-state index in [2.05, 4.69) is 5.43 Å². The summed E-state index contributed by atoms with van der Waals surface area (Å²) in [6, 6.07) is -0.0449. The van der Waals surface area contributed by atoms with Gasteiger partial charge in [0.2, 0.25) is 0 Å². The third kappa shape index (κ3) is 3.61. The van der Waals surface area contributed by atoms with E-state index in [1.165, 1.54) is 0 Å². The average Bonchev–Trinajstić information content (AvgIpc) is 2.16. The highest BCUT2D eigenvalue weighted by molar-refractivity contribution is 5.81. The summed E-state index contributed by atoms with van der Waals surface area (Å²) in [6.45, 7) is 6.44. The Kier molecular flexibility index (Phi) is 6.44. The number of rotatable bonds is 6. The smallest absolute Gasteiger partial charge is 0.251 e. The van der Waals surface area contributed by atoms with E-state index in [0.29, 0.717) is 13.0 Å². The van der Waals surface area contributed by atoms with Crippen LogP contribution < -0.4 is 11.3 Å². The third-order valence-electron chi connectivity index (χ3n) is 2.25. The third-order valence-corrected chi connectivity index (χ3v) is 2.25. The van der Waals surface area contributed by atoms with Gasteiger partial charge in [-0.1, -0.05) is 6.92 Å². The zero-order valence-corrected chi connectivity index (χ0v) is 9.16. The Morgan fingerprint density at radius 1 is 1.57 bits per heavy atom. The molecule has 1 atom stereocenters. The lowest BCUT2D eigenvalue weighted by Crippen LogP contribution is -2.52. The van der Waals surface area contributed by atoms with Crippen LogP contribution in [0.3, 0.4) is 0 Å². The molecule has 4 N–H and O–H groups in total. The fourth-order valence-electron chi connectivity index (χ4n) is 1.56. The van der Waals surface area contributed by atoms with Crippen molar-refractivity contribution in [3.05, 3.63) is 0 Å². The highest BCUT2D eigenvalue weighted by Crippen LogP contribution is 2.08. The average molecular weight is 203 g/mol. The van der Waals surface area contributed by atoms with Crippen molar-refractivity contribution in [3.8, 4) is 0 Å². The summed E-state index contributed by atoms with van der Waals surface area (Å²) >= 11 is 0. The van der Waals surface area contributed by atoms with E-state index in [1.54, 1.807) is 0 Å². The largest absolute Gasteiger partial charge is 0.395 e. The fraction of sp³-hybridized carbons (Fsp3) is 0.889. The Labute approximate surface area is 85.2 Å². The van der Waals surface area contributed by atoms with Crippen molar-refractivity contribution >= 4 is 5.91 Å². The van der Waals surface area contributed by atoms with Gasteiger partial charge in [0, 0.05) is 12.6 Å². The van der Waals surface area contributed by atoms with Crippen LogP contribution in [-0.2, 0) is 4.79 Å². The van der Waals surface area contributed by atoms with Gasteiger partial charge >= 0.3 is 0 Å². The van der Waals surface area contributed by atoms with Crippen molar-refractivity contribution in [3.63, 3.8) is 0 Å². The summed E-state index contributed by atoms with van der Waals surface area (Å²) in [5.41, 5.74) is 2.15. The first-order valence-corrected chi connectivity index (χ1v) is 4.95. The number of nitrogens with one attached hydrogen (secondary N) is 1. The molecular weight excluding hydrogens is 182 g/mol. The number of aliphatic hydroxyl groups is 1. The molecule has 0 aliphatic heterocycles. The van der Waals surface area contributed by atoms with E-state index in [1.807, 2.05) is 25.7 Å². The van der Waals surface area contributed by atoms with E-state index >= 15 is 0 Å². The number of hydrazine groups is 1. The molecule has 0 aromatic heterocycles. The van der Waals surface area contributed by atoms with Gasteiger partial charge in [0.1, 0.15) is 0 Å². The molecule has 1 unspecified atom stereocenters. The summed E-state index contributed by atoms with van der Waals surface area (Å²) in [5.74, 6) is 4.89. The topological polar surface area (TPSA) is 78.6 Å². The van der Waals surface area contributed by atoms with Gasteiger partial charge in [0.15, 0.2) is 0 Å². The minimum atomic E-state index is -0.257. The molecule has 0 aliphatic rings. The summed E-state index contributed by atoms with van der Waals surface area (Å²) in [4.78, 5) is 13.3. The maximum Gasteiger partial charge on any atom is 0.251 e. The molecule has 0 aromatic carbocycles. The number of aliphatic hydroxyl groups excluding tert-OH is 1. The number of carbonyl (C=O) groups is 1. The summed E-state index contributed by atoms with van der Waals surface area (Å²) < 4.78 is 0. The predicted molar refractivity (Wildman–Crippen MR) is 55.3 cm³/mol. The Balaban J connectivity index is 4.49. The van der Waals surface area contributed by atoms with Gasteiger partial charge in [-0.3, -0.25) is 15.1 Å². The van der Waals surface area contributed by atoms with Crippen molar-refractivity contribution in [2.45, 2.75) is 39.3 Å². The normalized spacial score (nSPS) is 13.4. The Morgan fingerprint density at radius 3 is 2.43 bits per heavy atom. The number of amides is 1. The maximum absolute atomic E-state index is 11.4. The van der Waals surface area contributed by atoms with E-state index in [-0.39, 0.29) is 24.6 Å². The number of nitrogens with two attached hydrogens (primary N) is 1. The van der Waals surface area contributed by atoms with Crippen LogP contribution in [0.5, 0.6) is 0 Å². The maximum atomic E-state index is 11.4. The minimum Gasteiger partial charge on any atom is -0.395 e. The Hall–Kier alpha value is -0.650. The van der Waals surface area contributed by atoms with Gasteiger partial charge in [-0.15, -0.1) is 0 Å². The lowest BCUT2D eigenvalue weighted by molar-refractivity contribution is -0.127. The summed E-state index contributed by atoms with van der Waals surface area (Å²) in [7, 11) is 0. The van der Waals surface area contributed by atoms with Crippen LogP contribution in [0.4, 0.5) is 0 Å². The van der Waals surface area contributed by atoms with Crippen LogP contribution >= 0.6 is 0 Å². The fourth-order valence-corrected chi connectivity index (χ4v) is 1.56. The molecule has 5 heteroatoms. The van der Waals surface area contributed by atoms with Crippen molar-refractivity contribution in [1.82, 2.24) is 10.3 Å². The highest BCUT2D eigenvalue weighted by atomic mass is 16.3. The quantitative estimate of drug-likeness (QED) is 0.308. The zero-order chi connectivity index (χ0) is 11.1. The molecule has 14 heavy (non-hydrogen) atoms. The predicted octanol–water partition coefficient (Wildman–Crippen LogP) is -0.542. The standard InChI is InChI=1S/C9H21N3O2/c1-4-8(9(14)11-10)12(5-6-13)7(2)3/h7-8,13H,4-6,10H2,1-3H3,(H,11,14). The van der Waals surface area contributed by atoms with Crippen LogP contribution in [0, 0.1) is 0 Å². The Bertz CT molecular complexity index is 173. The molecule has 0 saturated carbocycles. The second-order valence-corrected chi connectivity index (χ2v) is 3.49. The molecule has 5 nitrogen and oxygen atoms in total. The van der Waals surface area contributed by atoms with Crippen molar-refractivity contribution in [2.75, 3.05) is 13.2 Å². The minimum absolute atomic E-state index is 0.0481. The van der Waals surface area contributed by atoms with Crippen LogP contribution in [-0.4, -0.2) is 41.1 Å². The van der Waals surface area contributed by atoms with Crippen LogP contribution in [0.25, 0.3) is 0 Å². The van der Waals surface area contributed by atoms with E-state index in [0.717, 1.165) is 0 Å². The van der Waals surface area contributed by atoms with E-state index in [9.17, 15) is 4.79 Å². The molecule has 0 saturated heterocycles. The van der Waals surface area contributed by atoms with Gasteiger partial charge in [-0.05, 0) is 20.3 Å². The molecule has 0 rings (SSSR count). The number of carbonyl (C=O) groups excluding carboxylic acids is 1. The van der Waals surface area contributed by atoms with Crippen LogP contribution in [0.2, 0.25) is 0 Å². The Morgan fingerprint density at radius 2 is 2.14 bits per heavy atom. The lowest BCUT2D eigenvalue weighted by atomic mass is 10.1. The number of hydrogen-bond donors (Lipinski definition) is 3. The van der Waals surface area contributed by atoms with Gasteiger partial charge in [-0.25, -0.2) is 5.84 Å². The molecule has 0 spiro atoms. The monoisotopic (exact) mass is 203 g/mol. The molecule has 0 bridgehead atoms. The first-order valence-electron chi connectivity index (χ1n) is 4.95. The highest BCUT2D eigenvalue weighted by Gasteiger charge is 2.24. The van der Waals surface area contributed by atoms with E-state index in [4.69, 9.17) is 10.9 Å². The van der Waals surface area contributed by atoms with Gasteiger partial charge in [-0.2, -0.15) is 0 Å². The molecule has 0 heterocycles. The molecular formula is C9H21N3O2. The lowest BCUT2D eigenvalue weighted by Gasteiger charge is -2.32. The second-order valence-electron chi connectivity index (χ2n) is 3.49. The van der Waals surface area contributed by atoms with Crippen molar-refractivity contribution in [2.24, 2.45) is 5.84 Å². The summed E-state index contributed by atoms with van der Waals surface area (Å²) in [5, 5.41) is 8.88. The van der Waals surface area contributed by atoms with Gasteiger partial charge in [0.25, 0.3) is 5.91 Å². The van der Waals surface area contributed by atoms with Crippen LogP contribution in [0.15, 0.2) is 0 Å². The molecule has 0 aliphatic carbocycles. The number of hydrogen-bond acceptors (Lipinski definition) is 4. The second kappa shape index (κ2) is 6.75. The van der Waals surface area contributed by atoms with Crippen molar-refractivity contribution < 1.29 is 9.90 Å². The number of nitrogens with zero attached hydrogens (tertiary/aromatic N) is 1. The SMILES string of the molecule is CCC(C(=O)NN)N(CCO)C(C)C. The molecule has 0 fully saturated rings. The molecule has 0 radical (unpaired) electrons.